The Morgan fingerprint density at radius 1 is 1.12 bits per heavy atom. The molecule has 3 N–H and O–H groups in total. The number of benzene rings is 1. The molecule has 0 unspecified atom stereocenters. The normalized spacial score (nSPS) is 10.3. The van der Waals surface area contributed by atoms with E-state index >= 15 is 0 Å². The third kappa shape index (κ3) is 5.00. The number of carbonyl (C=O) groups is 1. The van der Waals surface area contributed by atoms with Crippen molar-refractivity contribution in [1.82, 2.24) is 15.0 Å². The van der Waals surface area contributed by atoms with Gasteiger partial charge in [0.1, 0.15) is 12.4 Å². The van der Waals surface area contributed by atoms with E-state index in [1.165, 1.54) is 0 Å². The average Bonchev–Trinajstić information content (AvgIpc) is 2.66. The number of pyridine rings is 1. The first-order chi connectivity index (χ1) is 12.6. The van der Waals surface area contributed by atoms with E-state index < -0.39 is 5.97 Å². The molecule has 0 radical (unpaired) electrons. The molecule has 0 bridgehead atoms. The van der Waals surface area contributed by atoms with E-state index in [1.807, 2.05) is 42.5 Å². The number of carboxylic acid groups (broad SMARTS) is 1. The zero-order valence-corrected chi connectivity index (χ0v) is 15.3. The summed E-state index contributed by atoms with van der Waals surface area (Å²) in [5.74, 6) is -0.147. The Kier molecular flexibility index (Phi) is 5.75. The minimum absolute atomic E-state index is 0.243. The van der Waals surface area contributed by atoms with Crippen LogP contribution in [0.3, 0.4) is 0 Å². The van der Waals surface area contributed by atoms with Gasteiger partial charge in [0, 0.05) is 35.0 Å². The molecule has 0 spiro atoms. The summed E-state index contributed by atoms with van der Waals surface area (Å²) in [4.78, 5) is 23.6. The highest BCUT2D eigenvalue weighted by atomic mass is 79.9. The first kappa shape index (κ1) is 17.8. The number of anilines is 2. The van der Waals surface area contributed by atoms with Crippen molar-refractivity contribution in [2.45, 2.75) is 6.54 Å². The smallest absolute Gasteiger partial charge is 0.322 e. The largest absolute Gasteiger partial charge is 0.480 e. The number of hydrogen-bond donors (Lipinski definition) is 3. The molecular formula is C18H16BrN5O2. The quantitative estimate of drug-likeness (QED) is 0.545. The summed E-state index contributed by atoms with van der Waals surface area (Å²) in [7, 11) is 0. The van der Waals surface area contributed by atoms with Gasteiger partial charge in [0.15, 0.2) is 0 Å². The Hall–Kier alpha value is -3.00. The second-order valence-electron chi connectivity index (χ2n) is 5.43. The number of aromatic nitrogens is 3. The Labute approximate surface area is 158 Å². The van der Waals surface area contributed by atoms with Crippen molar-refractivity contribution >= 4 is 33.7 Å². The van der Waals surface area contributed by atoms with Crippen molar-refractivity contribution in [3.05, 3.63) is 64.9 Å². The van der Waals surface area contributed by atoms with E-state index in [0.717, 1.165) is 15.6 Å². The van der Waals surface area contributed by atoms with Gasteiger partial charge in [-0.15, -0.1) is 0 Å². The Bertz CT molecular complexity index is 888. The van der Waals surface area contributed by atoms with Crippen LogP contribution in [0.25, 0.3) is 11.3 Å². The van der Waals surface area contributed by atoms with Gasteiger partial charge in [-0.3, -0.25) is 9.78 Å². The van der Waals surface area contributed by atoms with Crippen molar-refractivity contribution < 1.29 is 9.90 Å². The van der Waals surface area contributed by atoms with Gasteiger partial charge in [0.2, 0.25) is 5.95 Å². The SMILES string of the molecule is O=C(O)CNc1nc(NCc2ccc(Br)cc2)cc(-c2cccnc2)n1. The van der Waals surface area contributed by atoms with Crippen LogP contribution in [0.5, 0.6) is 0 Å². The van der Waals surface area contributed by atoms with Crippen LogP contribution in [0.4, 0.5) is 11.8 Å². The van der Waals surface area contributed by atoms with E-state index in [-0.39, 0.29) is 12.5 Å². The molecule has 0 saturated carbocycles. The molecule has 0 aliphatic rings. The fourth-order valence-electron chi connectivity index (χ4n) is 2.23. The molecule has 3 aromatic rings. The summed E-state index contributed by atoms with van der Waals surface area (Å²) in [5.41, 5.74) is 2.56. The molecule has 3 rings (SSSR count). The fraction of sp³-hybridized carbons (Fsp3) is 0.111. The van der Waals surface area contributed by atoms with Crippen molar-refractivity contribution in [1.29, 1.82) is 0 Å². The summed E-state index contributed by atoms with van der Waals surface area (Å²) in [6, 6.07) is 13.5. The molecule has 0 fully saturated rings. The van der Waals surface area contributed by atoms with Crippen LogP contribution in [0.1, 0.15) is 5.56 Å². The molecule has 132 valence electrons. The van der Waals surface area contributed by atoms with Crippen LogP contribution in [-0.2, 0) is 11.3 Å². The Balaban J connectivity index is 1.83. The molecule has 0 aliphatic carbocycles. The van der Waals surface area contributed by atoms with Gasteiger partial charge in [0.25, 0.3) is 0 Å². The maximum atomic E-state index is 10.8. The van der Waals surface area contributed by atoms with Crippen LogP contribution >= 0.6 is 15.9 Å². The maximum absolute atomic E-state index is 10.8. The zero-order valence-electron chi connectivity index (χ0n) is 13.7. The first-order valence-corrected chi connectivity index (χ1v) is 8.63. The molecular weight excluding hydrogens is 398 g/mol. The highest BCUT2D eigenvalue weighted by molar-refractivity contribution is 9.10. The number of rotatable bonds is 7. The summed E-state index contributed by atoms with van der Waals surface area (Å²) >= 11 is 3.41. The molecule has 0 amide bonds. The third-order valence-corrected chi connectivity index (χ3v) is 4.00. The number of aliphatic carboxylic acids is 1. The molecule has 0 atom stereocenters. The number of nitrogens with one attached hydrogen (secondary N) is 2. The van der Waals surface area contributed by atoms with Gasteiger partial charge in [-0.05, 0) is 29.8 Å². The minimum Gasteiger partial charge on any atom is -0.480 e. The Morgan fingerprint density at radius 2 is 1.92 bits per heavy atom. The van der Waals surface area contributed by atoms with Gasteiger partial charge in [-0.1, -0.05) is 28.1 Å². The first-order valence-electron chi connectivity index (χ1n) is 7.83. The predicted molar refractivity (Wildman–Crippen MR) is 103 cm³/mol. The predicted octanol–water partition coefficient (Wildman–Crippen LogP) is 3.41. The second kappa shape index (κ2) is 8.39. The van der Waals surface area contributed by atoms with Crippen molar-refractivity contribution in [2.75, 3.05) is 17.2 Å². The summed E-state index contributed by atoms with van der Waals surface area (Å²) in [6.07, 6.45) is 3.38. The lowest BCUT2D eigenvalue weighted by molar-refractivity contribution is -0.134. The van der Waals surface area contributed by atoms with Crippen molar-refractivity contribution in [3.63, 3.8) is 0 Å². The van der Waals surface area contributed by atoms with Gasteiger partial charge in [-0.25, -0.2) is 4.98 Å². The van der Waals surface area contributed by atoms with Gasteiger partial charge in [-0.2, -0.15) is 4.98 Å². The molecule has 2 aromatic heterocycles. The molecule has 0 aliphatic heterocycles. The molecule has 7 nitrogen and oxygen atoms in total. The number of nitrogens with zero attached hydrogens (tertiary/aromatic N) is 3. The number of halogens is 1. The van der Waals surface area contributed by atoms with Crippen LogP contribution in [0.15, 0.2) is 59.3 Å². The van der Waals surface area contributed by atoms with Crippen LogP contribution in [-0.4, -0.2) is 32.6 Å². The fourth-order valence-corrected chi connectivity index (χ4v) is 2.49. The molecule has 8 heteroatoms. The molecule has 1 aromatic carbocycles. The average molecular weight is 414 g/mol. The molecule has 2 heterocycles. The monoisotopic (exact) mass is 413 g/mol. The van der Waals surface area contributed by atoms with Gasteiger partial charge < -0.3 is 15.7 Å². The van der Waals surface area contributed by atoms with E-state index in [9.17, 15) is 4.79 Å². The summed E-state index contributed by atoms with van der Waals surface area (Å²) in [6.45, 7) is 0.317. The number of carboxylic acids is 1. The van der Waals surface area contributed by atoms with E-state index in [1.54, 1.807) is 12.4 Å². The second-order valence-corrected chi connectivity index (χ2v) is 6.35. The summed E-state index contributed by atoms with van der Waals surface area (Å²) in [5, 5.41) is 14.8. The van der Waals surface area contributed by atoms with E-state index in [4.69, 9.17) is 5.11 Å². The number of hydrogen-bond acceptors (Lipinski definition) is 6. The summed E-state index contributed by atoms with van der Waals surface area (Å²) < 4.78 is 1.02. The third-order valence-electron chi connectivity index (χ3n) is 3.47. The van der Waals surface area contributed by atoms with E-state index in [0.29, 0.717) is 18.1 Å². The minimum atomic E-state index is -0.982. The van der Waals surface area contributed by atoms with Crippen LogP contribution in [0, 0.1) is 0 Å². The lowest BCUT2D eigenvalue weighted by atomic mass is 10.2. The van der Waals surface area contributed by atoms with Gasteiger partial charge >= 0.3 is 5.97 Å². The Morgan fingerprint density at radius 3 is 2.62 bits per heavy atom. The maximum Gasteiger partial charge on any atom is 0.322 e. The lowest BCUT2D eigenvalue weighted by Crippen LogP contribution is -2.15. The van der Waals surface area contributed by atoms with Crippen LogP contribution in [0.2, 0.25) is 0 Å². The lowest BCUT2D eigenvalue weighted by Gasteiger charge is -2.11. The molecule has 26 heavy (non-hydrogen) atoms. The van der Waals surface area contributed by atoms with Crippen LogP contribution < -0.4 is 10.6 Å². The molecule has 0 saturated heterocycles. The zero-order chi connectivity index (χ0) is 18.4. The highest BCUT2D eigenvalue weighted by Gasteiger charge is 2.08. The topological polar surface area (TPSA) is 100 Å². The van der Waals surface area contributed by atoms with E-state index in [2.05, 4.69) is 41.5 Å². The van der Waals surface area contributed by atoms with Gasteiger partial charge in [0.05, 0.1) is 5.69 Å². The highest BCUT2D eigenvalue weighted by Crippen LogP contribution is 2.21. The standard InChI is InChI=1S/C18H16BrN5O2/c19-14-5-3-12(4-6-14)9-21-16-8-15(13-2-1-7-20-10-13)23-18(24-16)22-11-17(25)26/h1-8,10H,9,11H2,(H,25,26)(H2,21,22,23,24). The van der Waals surface area contributed by atoms with Crippen molar-refractivity contribution in [3.8, 4) is 11.3 Å². The van der Waals surface area contributed by atoms with Crippen molar-refractivity contribution in [2.24, 2.45) is 0 Å².